The van der Waals surface area contributed by atoms with Crippen LogP contribution in [0, 0.1) is 0 Å². The Morgan fingerprint density at radius 2 is 2.33 bits per heavy atom. The molecule has 0 bridgehead atoms. The maximum atomic E-state index is 4.16. The van der Waals surface area contributed by atoms with Gasteiger partial charge in [0.2, 0.25) is 0 Å². The van der Waals surface area contributed by atoms with Gasteiger partial charge in [-0.25, -0.2) is 0 Å². The van der Waals surface area contributed by atoms with Crippen LogP contribution in [-0.2, 0) is 0 Å². The standard InChI is InChI=1S/C7H14N2/c1-8-7-4-2-3-5-9-6-7/h9H,2-6H2,1H3. The zero-order valence-electron chi connectivity index (χ0n) is 5.98. The van der Waals surface area contributed by atoms with E-state index in [-0.39, 0.29) is 0 Å². The lowest BCUT2D eigenvalue weighted by atomic mass is 10.2. The summed E-state index contributed by atoms with van der Waals surface area (Å²) in [7, 11) is 1.88. The third-order valence-corrected chi connectivity index (χ3v) is 1.71. The first kappa shape index (κ1) is 6.75. The van der Waals surface area contributed by atoms with Crippen molar-refractivity contribution in [2.24, 2.45) is 4.99 Å². The number of nitrogens with zero attached hydrogens (tertiary/aromatic N) is 1. The van der Waals surface area contributed by atoms with Crippen LogP contribution in [0.4, 0.5) is 0 Å². The van der Waals surface area contributed by atoms with Crippen molar-refractivity contribution in [2.75, 3.05) is 20.1 Å². The highest BCUT2D eigenvalue weighted by Gasteiger charge is 2.01. The highest BCUT2D eigenvalue weighted by molar-refractivity contribution is 5.86. The summed E-state index contributed by atoms with van der Waals surface area (Å²) in [5.74, 6) is 0. The SMILES string of the molecule is CN=C1CCCCNC1. The van der Waals surface area contributed by atoms with Gasteiger partial charge in [0.15, 0.2) is 0 Å². The highest BCUT2D eigenvalue weighted by Crippen LogP contribution is 1.99. The predicted octanol–water partition coefficient (Wildman–Crippen LogP) is 0.831. The van der Waals surface area contributed by atoms with Gasteiger partial charge in [-0.15, -0.1) is 0 Å². The molecule has 9 heavy (non-hydrogen) atoms. The lowest BCUT2D eigenvalue weighted by Gasteiger charge is -1.97. The first-order chi connectivity index (χ1) is 4.43. The number of hydrogen-bond donors (Lipinski definition) is 1. The van der Waals surface area contributed by atoms with Crippen LogP contribution in [0.2, 0.25) is 0 Å². The summed E-state index contributed by atoms with van der Waals surface area (Å²) in [6.07, 6.45) is 3.81. The number of rotatable bonds is 0. The molecule has 2 heteroatoms. The van der Waals surface area contributed by atoms with Gasteiger partial charge in [0.05, 0.1) is 0 Å². The van der Waals surface area contributed by atoms with E-state index in [1.54, 1.807) is 0 Å². The van der Waals surface area contributed by atoms with E-state index in [1.807, 2.05) is 7.05 Å². The molecule has 1 heterocycles. The van der Waals surface area contributed by atoms with Crippen LogP contribution in [0.1, 0.15) is 19.3 Å². The predicted molar refractivity (Wildman–Crippen MR) is 40.1 cm³/mol. The average molecular weight is 126 g/mol. The Morgan fingerprint density at radius 1 is 1.44 bits per heavy atom. The molecule has 0 aromatic rings. The fourth-order valence-electron chi connectivity index (χ4n) is 1.09. The van der Waals surface area contributed by atoms with Crippen molar-refractivity contribution in [3.05, 3.63) is 0 Å². The lowest BCUT2D eigenvalue weighted by Crippen LogP contribution is -2.20. The summed E-state index contributed by atoms with van der Waals surface area (Å²) in [6.45, 7) is 2.18. The van der Waals surface area contributed by atoms with Crippen LogP contribution in [0.15, 0.2) is 4.99 Å². The fourth-order valence-corrected chi connectivity index (χ4v) is 1.09. The van der Waals surface area contributed by atoms with E-state index >= 15 is 0 Å². The quantitative estimate of drug-likeness (QED) is 0.511. The average Bonchev–Trinajstić information content (AvgIpc) is 2.13. The van der Waals surface area contributed by atoms with Gasteiger partial charge < -0.3 is 5.32 Å². The summed E-state index contributed by atoms with van der Waals surface area (Å²) in [6, 6.07) is 0. The van der Waals surface area contributed by atoms with E-state index in [1.165, 1.54) is 31.5 Å². The summed E-state index contributed by atoms with van der Waals surface area (Å²) < 4.78 is 0. The van der Waals surface area contributed by atoms with Crippen molar-refractivity contribution in [1.82, 2.24) is 5.32 Å². The van der Waals surface area contributed by atoms with Gasteiger partial charge in [-0.1, -0.05) is 0 Å². The van der Waals surface area contributed by atoms with Gasteiger partial charge in [-0.3, -0.25) is 4.99 Å². The maximum absolute atomic E-state index is 4.16. The lowest BCUT2D eigenvalue weighted by molar-refractivity contribution is 0.710. The van der Waals surface area contributed by atoms with Gasteiger partial charge in [-0.05, 0) is 25.8 Å². The van der Waals surface area contributed by atoms with Crippen LogP contribution in [0.3, 0.4) is 0 Å². The molecule has 0 aliphatic carbocycles. The molecular weight excluding hydrogens is 112 g/mol. The third-order valence-electron chi connectivity index (χ3n) is 1.71. The Kier molecular flexibility index (Phi) is 2.71. The molecule has 0 atom stereocenters. The normalized spacial score (nSPS) is 26.1. The number of nitrogens with one attached hydrogen (secondary N) is 1. The van der Waals surface area contributed by atoms with Gasteiger partial charge in [0.25, 0.3) is 0 Å². The Morgan fingerprint density at radius 3 is 3.11 bits per heavy atom. The zero-order valence-corrected chi connectivity index (χ0v) is 5.98. The topological polar surface area (TPSA) is 24.4 Å². The second kappa shape index (κ2) is 3.62. The van der Waals surface area contributed by atoms with Crippen molar-refractivity contribution in [1.29, 1.82) is 0 Å². The molecule has 1 fully saturated rings. The monoisotopic (exact) mass is 126 g/mol. The van der Waals surface area contributed by atoms with Crippen molar-refractivity contribution in [3.8, 4) is 0 Å². The van der Waals surface area contributed by atoms with Crippen molar-refractivity contribution >= 4 is 5.71 Å². The van der Waals surface area contributed by atoms with Gasteiger partial charge in [-0.2, -0.15) is 0 Å². The largest absolute Gasteiger partial charge is 0.311 e. The molecule has 1 rings (SSSR count). The molecule has 0 saturated carbocycles. The molecule has 1 N–H and O–H groups in total. The van der Waals surface area contributed by atoms with E-state index in [2.05, 4.69) is 10.3 Å². The van der Waals surface area contributed by atoms with Crippen LogP contribution in [0.5, 0.6) is 0 Å². The van der Waals surface area contributed by atoms with Crippen molar-refractivity contribution in [2.45, 2.75) is 19.3 Å². The molecule has 2 nitrogen and oxygen atoms in total. The molecule has 1 aliphatic rings. The molecular formula is C7H14N2. The molecule has 0 radical (unpaired) electrons. The Balaban J connectivity index is 2.36. The van der Waals surface area contributed by atoms with E-state index in [0.29, 0.717) is 0 Å². The molecule has 0 unspecified atom stereocenters. The second-order valence-electron chi connectivity index (χ2n) is 2.42. The smallest absolute Gasteiger partial charge is 0.0335 e. The minimum Gasteiger partial charge on any atom is -0.311 e. The van der Waals surface area contributed by atoms with Crippen LogP contribution in [-0.4, -0.2) is 25.8 Å². The Hall–Kier alpha value is -0.370. The number of hydrogen-bond acceptors (Lipinski definition) is 2. The molecule has 1 saturated heterocycles. The Labute approximate surface area is 56.4 Å². The first-order valence-electron chi connectivity index (χ1n) is 3.59. The summed E-state index contributed by atoms with van der Waals surface area (Å²) in [4.78, 5) is 4.16. The molecule has 0 amide bonds. The van der Waals surface area contributed by atoms with E-state index in [9.17, 15) is 0 Å². The van der Waals surface area contributed by atoms with Gasteiger partial charge in [0, 0.05) is 19.3 Å². The van der Waals surface area contributed by atoms with Crippen LogP contribution in [0.25, 0.3) is 0 Å². The highest BCUT2D eigenvalue weighted by atomic mass is 14.9. The van der Waals surface area contributed by atoms with Gasteiger partial charge >= 0.3 is 0 Å². The van der Waals surface area contributed by atoms with Gasteiger partial charge in [0.1, 0.15) is 0 Å². The minimum atomic E-state index is 1.01. The molecule has 1 aliphatic heterocycles. The van der Waals surface area contributed by atoms with E-state index < -0.39 is 0 Å². The first-order valence-corrected chi connectivity index (χ1v) is 3.59. The van der Waals surface area contributed by atoms with E-state index in [4.69, 9.17) is 0 Å². The second-order valence-corrected chi connectivity index (χ2v) is 2.42. The van der Waals surface area contributed by atoms with E-state index in [0.717, 1.165) is 6.54 Å². The molecule has 0 aromatic heterocycles. The Bertz CT molecular complexity index is 97.5. The number of aliphatic imine (C=N–C) groups is 1. The minimum absolute atomic E-state index is 1.01. The molecule has 52 valence electrons. The molecule has 0 spiro atoms. The zero-order chi connectivity index (χ0) is 6.53. The third kappa shape index (κ3) is 2.14. The van der Waals surface area contributed by atoms with Crippen molar-refractivity contribution < 1.29 is 0 Å². The fraction of sp³-hybridized carbons (Fsp3) is 0.857. The summed E-state index contributed by atoms with van der Waals surface area (Å²) in [5.41, 5.74) is 1.33. The van der Waals surface area contributed by atoms with Crippen LogP contribution >= 0.6 is 0 Å². The van der Waals surface area contributed by atoms with Crippen molar-refractivity contribution in [3.63, 3.8) is 0 Å². The summed E-state index contributed by atoms with van der Waals surface area (Å²) >= 11 is 0. The summed E-state index contributed by atoms with van der Waals surface area (Å²) in [5, 5.41) is 3.32. The van der Waals surface area contributed by atoms with Crippen LogP contribution < -0.4 is 5.32 Å². The maximum Gasteiger partial charge on any atom is 0.0335 e. The molecule has 0 aromatic carbocycles.